The Bertz CT molecular complexity index is 1050. The molecule has 11 heteroatoms. The summed E-state index contributed by atoms with van der Waals surface area (Å²) in [7, 11) is 0. The van der Waals surface area contributed by atoms with Gasteiger partial charge in [0.05, 0.1) is 5.25 Å². The number of aromatic nitrogens is 3. The van der Waals surface area contributed by atoms with Crippen LogP contribution in [0.4, 0.5) is 23.2 Å². The van der Waals surface area contributed by atoms with E-state index in [0.717, 1.165) is 29.5 Å². The van der Waals surface area contributed by atoms with Crippen LogP contribution in [0.15, 0.2) is 53.7 Å². The third kappa shape index (κ3) is 7.14. The second-order valence-corrected chi connectivity index (χ2v) is 7.52. The van der Waals surface area contributed by atoms with E-state index in [4.69, 9.17) is 0 Å². The number of H-pyrrole nitrogens is 1. The molecule has 0 aliphatic heterocycles. The Morgan fingerprint density at radius 3 is 2.45 bits per heavy atom. The summed E-state index contributed by atoms with van der Waals surface area (Å²) in [6.45, 7) is 1.64. The van der Waals surface area contributed by atoms with E-state index in [1.807, 2.05) is 0 Å². The molecule has 1 heterocycles. The SMILES string of the molecule is CC(Sc1n[nH]c(/C=C/c2ccc(F)cc2)n1)C(=O)Nc1ccc(OC(F)(F)F)cc1. The summed E-state index contributed by atoms with van der Waals surface area (Å²) in [4.78, 5) is 16.6. The summed E-state index contributed by atoms with van der Waals surface area (Å²) < 4.78 is 53.3. The molecule has 0 saturated heterocycles. The number of hydrogen-bond acceptors (Lipinski definition) is 5. The third-order valence-corrected chi connectivity index (χ3v) is 4.75. The molecule has 0 spiro atoms. The van der Waals surface area contributed by atoms with Crippen molar-refractivity contribution in [1.29, 1.82) is 0 Å². The molecule has 6 nitrogen and oxygen atoms in total. The van der Waals surface area contributed by atoms with Crippen molar-refractivity contribution in [3.8, 4) is 5.75 Å². The number of thioether (sulfide) groups is 1. The number of alkyl halides is 3. The van der Waals surface area contributed by atoms with Crippen LogP contribution in [0.2, 0.25) is 0 Å². The summed E-state index contributed by atoms with van der Waals surface area (Å²) in [6, 6.07) is 10.8. The van der Waals surface area contributed by atoms with Gasteiger partial charge in [-0.2, -0.15) is 0 Å². The lowest BCUT2D eigenvalue weighted by atomic mass is 10.2. The Labute approximate surface area is 178 Å². The fraction of sp³-hybridized carbons (Fsp3) is 0.150. The maximum Gasteiger partial charge on any atom is 0.573 e. The minimum absolute atomic E-state index is 0.324. The van der Waals surface area contributed by atoms with Crippen LogP contribution in [-0.2, 0) is 4.79 Å². The Kier molecular flexibility index (Phi) is 6.95. The van der Waals surface area contributed by atoms with E-state index < -0.39 is 11.6 Å². The molecule has 0 aliphatic rings. The zero-order valence-electron chi connectivity index (χ0n) is 16.0. The van der Waals surface area contributed by atoms with E-state index in [2.05, 4.69) is 25.2 Å². The van der Waals surface area contributed by atoms with E-state index in [1.54, 1.807) is 31.2 Å². The Morgan fingerprint density at radius 1 is 1.13 bits per heavy atom. The van der Waals surface area contributed by atoms with Gasteiger partial charge in [0.2, 0.25) is 11.1 Å². The normalized spacial score (nSPS) is 12.7. The second kappa shape index (κ2) is 9.65. The molecule has 1 atom stereocenters. The van der Waals surface area contributed by atoms with Gasteiger partial charge < -0.3 is 10.1 Å². The molecule has 0 bridgehead atoms. The van der Waals surface area contributed by atoms with Crippen LogP contribution < -0.4 is 10.1 Å². The first-order chi connectivity index (χ1) is 14.7. The first kappa shape index (κ1) is 22.3. The number of ether oxygens (including phenoxy) is 1. The average Bonchev–Trinajstić information content (AvgIpc) is 3.15. The van der Waals surface area contributed by atoms with Gasteiger partial charge in [-0.15, -0.1) is 18.3 Å². The monoisotopic (exact) mass is 452 g/mol. The number of carbonyl (C=O) groups is 1. The first-order valence-electron chi connectivity index (χ1n) is 8.87. The summed E-state index contributed by atoms with van der Waals surface area (Å²) >= 11 is 1.10. The third-order valence-electron chi connectivity index (χ3n) is 3.79. The topological polar surface area (TPSA) is 79.9 Å². The molecule has 3 aromatic rings. The highest BCUT2D eigenvalue weighted by Crippen LogP contribution is 2.25. The molecule has 3 rings (SSSR count). The van der Waals surface area contributed by atoms with Crippen molar-refractivity contribution >= 4 is 35.5 Å². The van der Waals surface area contributed by atoms with Gasteiger partial charge in [0.1, 0.15) is 17.4 Å². The number of carbonyl (C=O) groups excluding carboxylic acids is 1. The van der Waals surface area contributed by atoms with Crippen molar-refractivity contribution in [1.82, 2.24) is 15.2 Å². The van der Waals surface area contributed by atoms with E-state index in [0.29, 0.717) is 16.7 Å². The van der Waals surface area contributed by atoms with Crippen LogP contribution in [-0.4, -0.2) is 32.7 Å². The fourth-order valence-corrected chi connectivity index (χ4v) is 3.06. The summed E-state index contributed by atoms with van der Waals surface area (Å²) in [6.07, 6.45) is -1.38. The van der Waals surface area contributed by atoms with Crippen LogP contribution in [0.5, 0.6) is 5.75 Å². The summed E-state index contributed by atoms with van der Waals surface area (Å²) in [5.41, 5.74) is 1.11. The highest BCUT2D eigenvalue weighted by Gasteiger charge is 2.31. The van der Waals surface area contributed by atoms with Gasteiger partial charge >= 0.3 is 6.36 Å². The highest BCUT2D eigenvalue weighted by atomic mass is 32.2. The van der Waals surface area contributed by atoms with Crippen molar-refractivity contribution in [2.24, 2.45) is 0 Å². The molecule has 0 aliphatic carbocycles. The molecule has 31 heavy (non-hydrogen) atoms. The van der Waals surface area contributed by atoms with Crippen LogP contribution in [0.1, 0.15) is 18.3 Å². The van der Waals surface area contributed by atoms with Crippen molar-refractivity contribution in [3.05, 3.63) is 65.7 Å². The zero-order chi connectivity index (χ0) is 22.4. The maximum atomic E-state index is 12.9. The molecular formula is C20H16F4N4O2S. The van der Waals surface area contributed by atoms with Crippen LogP contribution in [0.25, 0.3) is 12.2 Å². The highest BCUT2D eigenvalue weighted by molar-refractivity contribution is 8.00. The summed E-state index contributed by atoms with van der Waals surface area (Å²) in [5, 5.41) is 9.13. The quantitative estimate of drug-likeness (QED) is 0.384. The number of benzene rings is 2. The minimum Gasteiger partial charge on any atom is -0.406 e. The molecule has 1 unspecified atom stereocenters. The van der Waals surface area contributed by atoms with Crippen LogP contribution in [0, 0.1) is 5.82 Å². The van der Waals surface area contributed by atoms with Gasteiger partial charge in [-0.25, -0.2) is 9.37 Å². The molecule has 162 valence electrons. The molecule has 1 amide bonds. The van der Waals surface area contributed by atoms with E-state index in [-0.39, 0.29) is 17.5 Å². The Morgan fingerprint density at radius 2 is 1.81 bits per heavy atom. The Hall–Kier alpha value is -3.34. The summed E-state index contributed by atoms with van der Waals surface area (Å²) in [5.74, 6) is -0.620. The Balaban J connectivity index is 1.53. The van der Waals surface area contributed by atoms with Gasteiger partial charge in [-0.3, -0.25) is 9.89 Å². The largest absolute Gasteiger partial charge is 0.573 e. The standard InChI is InChI=1S/C20H16F4N4O2S/c1-12(18(29)25-15-7-9-16(10-8-15)30-20(22,23)24)31-19-26-17(27-28-19)11-4-13-2-5-14(21)6-3-13/h2-12H,1H3,(H,25,29)(H,26,27,28)/b11-4+. The van der Waals surface area contributed by atoms with E-state index in [1.165, 1.54) is 24.3 Å². The molecular weight excluding hydrogens is 436 g/mol. The number of aromatic amines is 1. The van der Waals surface area contributed by atoms with Gasteiger partial charge in [0, 0.05) is 5.69 Å². The number of halogens is 4. The lowest BCUT2D eigenvalue weighted by Gasteiger charge is -2.12. The maximum absolute atomic E-state index is 12.9. The molecule has 0 radical (unpaired) electrons. The van der Waals surface area contributed by atoms with Crippen molar-refractivity contribution in [2.45, 2.75) is 23.7 Å². The molecule has 0 saturated carbocycles. The minimum atomic E-state index is -4.78. The molecule has 1 aromatic heterocycles. The molecule has 0 fully saturated rings. The van der Waals surface area contributed by atoms with Crippen LogP contribution >= 0.6 is 11.8 Å². The smallest absolute Gasteiger partial charge is 0.406 e. The van der Waals surface area contributed by atoms with Crippen LogP contribution in [0.3, 0.4) is 0 Å². The van der Waals surface area contributed by atoms with E-state index in [9.17, 15) is 22.4 Å². The number of hydrogen-bond donors (Lipinski definition) is 2. The first-order valence-corrected chi connectivity index (χ1v) is 9.75. The zero-order valence-corrected chi connectivity index (χ0v) is 16.8. The molecule has 2 aromatic carbocycles. The number of nitrogens with zero attached hydrogens (tertiary/aromatic N) is 2. The fourth-order valence-electron chi connectivity index (χ4n) is 2.33. The number of nitrogens with one attached hydrogen (secondary N) is 2. The number of anilines is 1. The predicted molar refractivity (Wildman–Crippen MR) is 109 cm³/mol. The van der Waals surface area contributed by atoms with Crippen molar-refractivity contribution in [3.63, 3.8) is 0 Å². The number of rotatable bonds is 7. The molecule has 2 N–H and O–H groups in total. The van der Waals surface area contributed by atoms with Crippen molar-refractivity contribution < 1.29 is 27.1 Å². The lowest BCUT2D eigenvalue weighted by Crippen LogP contribution is -2.22. The number of amides is 1. The average molecular weight is 452 g/mol. The van der Waals surface area contributed by atoms with E-state index >= 15 is 0 Å². The second-order valence-electron chi connectivity index (χ2n) is 6.21. The lowest BCUT2D eigenvalue weighted by molar-refractivity contribution is -0.274. The van der Waals surface area contributed by atoms with Gasteiger partial charge in [-0.05, 0) is 55.0 Å². The van der Waals surface area contributed by atoms with Gasteiger partial charge in [-0.1, -0.05) is 30.0 Å². The van der Waals surface area contributed by atoms with Crippen molar-refractivity contribution in [2.75, 3.05) is 5.32 Å². The predicted octanol–water partition coefficient (Wildman–Crippen LogP) is 5.13. The van der Waals surface area contributed by atoms with Gasteiger partial charge in [0.15, 0.2) is 0 Å². The van der Waals surface area contributed by atoms with Gasteiger partial charge in [0.25, 0.3) is 0 Å².